The van der Waals surface area contributed by atoms with E-state index in [0.29, 0.717) is 0 Å². The lowest BCUT2D eigenvalue weighted by Crippen LogP contribution is -2.50. The van der Waals surface area contributed by atoms with Crippen LogP contribution in [-0.2, 0) is 9.59 Å². The van der Waals surface area contributed by atoms with Gasteiger partial charge in [-0.1, -0.05) is 13.8 Å². The number of Topliss-reactive ketones (excluding diaryl/α,β-unsaturated/α-hetero) is 1. The van der Waals surface area contributed by atoms with Gasteiger partial charge in [-0.15, -0.1) is 0 Å². The maximum atomic E-state index is 11.6. The van der Waals surface area contributed by atoms with Crippen molar-refractivity contribution in [1.82, 2.24) is 10.6 Å². The Morgan fingerprint density at radius 3 is 2.00 bits per heavy atom. The van der Waals surface area contributed by atoms with Crippen molar-refractivity contribution in [1.29, 1.82) is 0 Å². The first-order valence-corrected chi connectivity index (χ1v) is 4.88. The minimum Gasteiger partial charge on any atom is -0.345 e. The largest absolute Gasteiger partial charge is 0.345 e. The van der Waals surface area contributed by atoms with Crippen molar-refractivity contribution in [2.45, 2.75) is 39.8 Å². The average Bonchev–Trinajstić information content (AvgIpc) is 2.04. The third kappa shape index (κ3) is 3.87. The molecule has 0 aliphatic heterocycles. The fourth-order valence-electron chi connectivity index (χ4n) is 1.17. The standard InChI is InChI=1S/C10H20N2O2.2H2/c1-6(2)9(11-5)10(14)12-7(3)8(4)13;;/h6-7,9,11H,1-5H3,(H,12,14);2*1H. The van der Waals surface area contributed by atoms with E-state index in [4.69, 9.17) is 0 Å². The van der Waals surface area contributed by atoms with Crippen molar-refractivity contribution in [2.75, 3.05) is 7.05 Å². The highest BCUT2D eigenvalue weighted by atomic mass is 16.2. The third-order valence-electron chi connectivity index (χ3n) is 2.23. The molecule has 1 amide bonds. The zero-order valence-corrected chi connectivity index (χ0v) is 9.55. The molecule has 0 saturated carbocycles. The fraction of sp³-hybridized carbons (Fsp3) is 0.800. The molecule has 4 nitrogen and oxygen atoms in total. The van der Waals surface area contributed by atoms with Gasteiger partial charge in [-0.25, -0.2) is 0 Å². The molecule has 0 fully saturated rings. The lowest BCUT2D eigenvalue weighted by atomic mass is 10.0. The number of amides is 1. The van der Waals surface area contributed by atoms with Crippen molar-refractivity contribution in [3.63, 3.8) is 0 Å². The molecule has 0 radical (unpaired) electrons. The Morgan fingerprint density at radius 1 is 1.21 bits per heavy atom. The lowest BCUT2D eigenvalue weighted by molar-refractivity contribution is -0.128. The number of ketones is 1. The molecule has 0 rings (SSSR count). The second-order valence-corrected chi connectivity index (χ2v) is 3.85. The SMILES string of the molecule is CNC(C(=O)NC(C)C(C)=O)C(C)C.[HH].[HH]. The summed E-state index contributed by atoms with van der Waals surface area (Å²) in [5, 5.41) is 5.58. The van der Waals surface area contributed by atoms with Crippen LogP contribution in [0.4, 0.5) is 0 Å². The second kappa shape index (κ2) is 5.75. The van der Waals surface area contributed by atoms with Crippen LogP contribution in [0, 0.1) is 5.92 Å². The van der Waals surface area contributed by atoms with Gasteiger partial charge < -0.3 is 10.6 Å². The van der Waals surface area contributed by atoms with E-state index < -0.39 is 6.04 Å². The monoisotopic (exact) mass is 204 g/mol. The Morgan fingerprint density at radius 2 is 1.71 bits per heavy atom. The molecule has 0 aromatic carbocycles. The van der Waals surface area contributed by atoms with E-state index in [9.17, 15) is 9.59 Å². The van der Waals surface area contributed by atoms with Crippen LogP contribution >= 0.6 is 0 Å². The number of carbonyl (C=O) groups is 2. The van der Waals surface area contributed by atoms with E-state index in [1.165, 1.54) is 6.92 Å². The van der Waals surface area contributed by atoms with Crippen LogP contribution in [-0.4, -0.2) is 30.8 Å². The summed E-state index contributed by atoms with van der Waals surface area (Å²) in [6.45, 7) is 7.07. The molecule has 86 valence electrons. The first-order chi connectivity index (χ1) is 6.40. The van der Waals surface area contributed by atoms with E-state index in [1.54, 1.807) is 14.0 Å². The van der Waals surface area contributed by atoms with Gasteiger partial charge in [0.15, 0.2) is 5.78 Å². The topological polar surface area (TPSA) is 58.2 Å². The number of likely N-dealkylation sites (N-methyl/N-ethyl adjacent to an activating group) is 1. The predicted molar refractivity (Wildman–Crippen MR) is 60.2 cm³/mol. The lowest BCUT2D eigenvalue weighted by Gasteiger charge is -2.21. The maximum absolute atomic E-state index is 11.6. The van der Waals surface area contributed by atoms with E-state index in [1.807, 2.05) is 13.8 Å². The summed E-state index contributed by atoms with van der Waals surface area (Å²) in [6.07, 6.45) is 0. The molecule has 0 spiro atoms. The van der Waals surface area contributed by atoms with Gasteiger partial charge in [0, 0.05) is 2.85 Å². The highest BCUT2D eigenvalue weighted by molar-refractivity contribution is 5.89. The molecule has 4 heteroatoms. The minimum absolute atomic E-state index is 0. The van der Waals surface area contributed by atoms with E-state index >= 15 is 0 Å². The normalized spacial score (nSPS) is 15.0. The molecule has 2 N–H and O–H groups in total. The zero-order valence-electron chi connectivity index (χ0n) is 9.55. The van der Waals surface area contributed by atoms with Crippen molar-refractivity contribution >= 4 is 11.7 Å². The van der Waals surface area contributed by atoms with Crippen LogP contribution in [0.15, 0.2) is 0 Å². The van der Waals surface area contributed by atoms with Gasteiger partial charge in [0.1, 0.15) is 0 Å². The molecule has 0 aliphatic rings. The van der Waals surface area contributed by atoms with Crippen LogP contribution in [0.5, 0.6) is 0 Å². The van der Waals surface area contributed by atoms with Gasteiger partial charge in [0.25, 0.3) is 0 Å². The number of nitrogens with one attached hydrogen (secondary N) is 2. The first kappa shape index (κ1) is 13.1. The number of rotatable bonds is 5. The molecule has 0 aromatic heterocycles. The highest BCUT2D eigenvalue weighted by Crippen LogP contribution is 2.01. The van der Waals surface area contributed by atoms with Gasteiger partial charge in [0.05, 0.1) is 12.1 Å². The molecular weight excluding hydrogens is 180 g/mol. The highest BCUT2D eigenvalue weighted by Gasteiger charge is 2.22. The summed E-state index contributed by atoms with van der Waals surface area (Å²) in [5.74, 6) is 0.0568. The van der Waals surface area contributed by atoms with Crippen molar-refractivity contribution in [3.8, 4) is 0 Å². The Bertz CT molecular complexity index is 223. The number of hydrogen-bond donors (Lipinski definition) is 2. The van der Waals surface area contributed by atoms with Gasteiger partial charge in [-0.05, 0) is 26.8 Å². The third-order valence-corrected chi connectivity index (χ3v) is 2.23. The predicted octanol–water partition coefficient (Wildman–Crippen LogP) is 0.816. The van der Waals surface area contributed by atoms with Crippen LogP contribution in [0.25, 0.3) is 0 Å². The molecule has 2 atom stereocenters. The van der Waals surface area contributed by atoms with Crippen LogP contribution in [0.3, 0.4) is 0 Å². The maximum Gasteiger partial charge on any atom is 0.237 e. The summed E-state index contributed by atoms with van der Waals surface area (Å²) in [7, 11) is 1.74. The van der Waals surface area contributed by atoms with Crippen molar-refractivity contribution in [3.05, 3.63) is 0 Å². The van der Waals surface area contributed by atoms with Crippen LogP contribution in [0.2, 0.25) is 0 Å². The van der Waals surface area contributed by atoms with Gasteiger partial charge in [-0.2, -0.15) is 0 Å². The molecule has 0 aliphatic carbocycles. The molecule has 0 saturated heterocycles. The first-order valence-electron chi connectivity index (χ1n) is 4.88. The number of carbonyl (C=O) groups excluding carboxylic acids is 2. The van der Waals surface area contributed by atoms with Crippen molar-refractivity contribution in [2.24, 2.45) is 5.92 Å². The quantitative estimate of drug-likeness (QED) is 0.697. The Hall–Kier alpha value is -0.900. The second-order valence-electron chi connectivity index (χ2n) is 3.85. The fourth-order valence-corrected chi connectivity index (χ4v) is 1.17. The molecule has 0 heterocycles. The molecular formula is C10H24N2O2. The average molecular weight is 204 g/mol. The Balaban J connectivity index is -0.000000845. The van der Waals surface area contributed by atoms with Crippen LogP contribution < -0.4 is 10.6 Å². The van der Waals surface area contributed by atoms with Crippen LogP contribution in [0.1, 0.15) is 30.5 Å². The van der Waals surface area contributed by atoms with Gasteiger partial charge in [-0.3, -0.25) is 9.59 Å². The summed E-state index contributed by atoms with van der Waals surface area (Å²) in [4.78, 5) is 22.5. The Labute approximate surface area is 88.4 Å². The zero-order chi connectivity index (χ0) is 11.3. The molecule has 14 heavy (non-hydrogen) atoms. The molecule has 2 unspecified atom stereocenters. The minimum atomic E-state index is -0.405. The van der Waals surface area contributed by atoms with E-state index in [-0.39, 0.29) is 26.5 Å². The van der Waals surface area contributed by atoms with Gasteiger partial charge in [0.2, 0.25) is 5.91 Å². The Kier molecular flexibility index (Phi) is 5.38. The molecule has 0 bridgehead atoms. The summed E-state index contributed by atoms with van der Waals surface area (Å²) in [6, 6.07) is -0.645. The van der Waals surface area contributed by atoms with E-state index in [0.717, 1.165) is 0 Å². The smallest absolute Gasteiger partial charge is 0.237 e. The van der Waals surface area contributed by atoms with Gasteiger partial charge >= 0.3 is 0 Å². The van der Waals surface area contributed by atoms with Crippen molar-refractivity contribution < 1.29 is 12.4 Å². The number of hydrogen-bond acceptors (Lipinski definition) is 3. The van der Waals surface area contributed by atoms with E-state index in [2.05, 4.69) is 10.6 Å². The summed E-state index contributed by atoms with van der Waals surface area (Å²) >= 11 is 0. The molecule has 0 aromatic rings. The summed E-state index contributed by atoms with van der Waals surface area (Å²) < 4.78 is 0. The summed E-state index contributed by atoms with van der Waals surface area (Å²) in [5.41, 5.74) is 0.